The molecule has 0 fully saturated rings. The first-order valence-corrected chi connectivity index (χ1v) is 10.5. The van der Waals surface area contributed by atoms with E-state index in [1.54, 1.807) is 24.5 Å². The van der Waals surface area contributed by atoms with Crippen molar-refractivity contribution in [2.24, 2.45) is 0 Å². The monoisotopic (exact) mass is 428 g/mol. The number of halogens is 1. The Labute approximate surface area is 178 Å². The van der Waals surface area contributed by atoms with Crippen molar-refractivity contribution in [2.75, 3.05) is 12.3 Å². The van der Waals surface area contributed by atoms with E-state index in [4.69, 9.17) is 16.0 Å². The fourth-order valence-corrected chi connectivity index (χ4v) is 3.65. The van der Waals surface area contributed by atoms with Crippen LogP contribution in [0.4, 0.5) is 0 Å². The largest absolute Gasteiger partial charge is 0.467 e. The van der Waals surface area contributed by atoms with Crippen LogP contribution < -0.4 is 10.6 Å². The fraction of sp³-hybridized carbons (Fsp3) is 0.182. The summed E-state index contributed by atoms with van der Waals surface area (Å²) in [5, 5.41) is 6.42. The van der Waals surface area contributed by atoms with Crippen LogP contribution in [0.15, 0.2) is 76.2 Å². The first kappa shape index (κ1) is 21.0. The molecule has 0 unspecified atom stereocenters. The number of carbonyl (C=O) groups is 2. The highest BCUT2D eigenvalue weighted by atomic mass is 35.5. The van der Waals surface area contributed by atoms with Crippen molar-refractivity contribution in [3.05, 3.63) is 88.8 Å². The van der Waals surface area contributed by atoms with E-state index in [0.29, 0.717) is 35.9 Å². The Morgan fingerprint density at radius 3 is 2.52 bits per heavy atom. The van der Waals surface area contributed by atoms with Gasteiger partial charge in [-0.15, -0.1) is 11.8 Å². The number of furan rings is 1. The lowest BCUT2D eigenvalue weighted by atomic mass is 10.1. The summed E-state index contributed by atoms with van der Waals surface area (Å²) in [5.41, 5.74) is 1.66. The standard InChI is InChI=1S/C22H21ClN2O3S/c23-17-9-7-16(8-10-17)11-12-24-22(27)19-5-1-2-6-20(19)29-15-21(26)25-14-18-4-3-13-28-18/h1-10,13H,11-12,14-15H2,(H,24,27)(H,25,26). The SMILES string of the molecule is O=C(CSc1ccccc1C(=O)NCCc1ccc(Cl)cc1)NCc1ccco1. The van der Waals surface area contributed by atoms with Gasteiger partial charge in [-0.1, -0.05) is 35.9 Å². The average molecular weight is 429 g/mol. The maximum Gasteiger partial charge on any atom is 0.252 e. The van der Waals surface area contributed by atoms with Crippen LogP contribution in [-0.4, -0.2) is 24.1 Å². The van der Waals surface area contributed by atoms with E-state index in [0.717, 1.165) is 10.5 Å². The minimum absolute atomic E-state index is 0.121. The van der Waals surface area contributed by atoms with Gasteiger partial charge in [0.05, 0.1) is 24.1 Å². The first-order chi connectivity index (χ1) is 14.1. The summed E-state index contributed by atoms with van der Waals surface area (Å²) in [4.78, 5) is 25.4. The number of nitrogens with one attached hydrogen (secondary N) is 2. The van der Waals surface area contributed by atoms with Gasteiger partial charge in [0.1, 0.15) is 5.76 Å². The lowest BCUT2D eigenvalue weighted by molar-refractivity contribution is -0.118. The molecule has 3 rings (SSSR count). The van der Waals surface area contributed by atoms with Crippen molar-refractivity contribution in [2.45, 2.75) is 17.9 Å². The third-order valence-electron chi connectivity index (χ3n) is 4.14. The molecule has 150 valence electrons. The molecule has 0 bridgehead atoms. The molecule has 5 nitrogen and oxygen atoms in total. The third-order valence-corrected chi connectivity index (χ3v) is 5.47. The predicted molar refractivity (Wildman–Crippen MR) is 115 cm³/mol. The van der Waals surface area contributed by atoms with E-state index >= 15 is 0 Å². The van der Waals surface area contributed by atoms with E-state index in [1.165, 1.54) is 11.8 Å². The zero-order valence-electron chi connectivity index (χ0n) is 15.7. The molecular formula is C22H21ClN2O3S. The highest BCUT2D eigenvalue weighted by Crippen LogP contribution is 2.22. The van der Waals surface area contributed by atoms with Crippen LogP contribution in [-0.2, 0) is 17.8 Å². The second-order valence-electron chi connectivity index (χ2n) is 6.27. The molecule has 0 aliphatic carbocycles. The molecule has 0 spiro atoms. The van der Waals surface area contributed by atoms with Gasteiger partial charge in [-0.2, -0.15) is 0 Å². The number of carbonyl (C=O) groups excluding carboxylic acids is 2. The van der Waals surface area contributed by atoms with Crippen molar-refractivity contribution in [3.8, 4) is 0 Å². The van der Waals surface area contributed by atoms with Crippen molar-refractivity contribution in [1.29, 1.82) is 0 Å². The number of thioether (sulfide) groups is 1. The van der Waals surface area contributed by atoms with Crippen molar-refractivity contribution in [3.63, 3.8) is 0 Å². The van der Waals surface area contributed by atoms with Crippen LogP contribution in [0.1, 0.15) is 21.7 Å². The summed E-state index contributed by atoms with van der Waals surface area (Å²) in [6, 6.07) is 18.4. The Balaban J connectivity index is 1.48. The van der Waals surface area contributed by atoms with Crippen LogP contribution in [0.3, 0.4) is 0 Å². The van der Waals surface area contributed by atoms with E-state index < -0.39 is 0 Å². The maximum absolute atomic E-state index is 12.6. The number of benzene rings is 2. The van der Waals surface area contributed by atoms with Gasteiger partial charge in [0.25, 0.3) is 5.91 Å². The molecule has 0 aliphatic rings. The summed E-state index contributed by atoms with van der Waals surface area (Å²) < 4.78 is 5.19. The van der Waals surface area contributed by atoms with Crippen LogP contribution in [0.5, 0.6) is 0 Å². The summed E-state index contributed by atoms with van der Waals surface area (Å²) in [5.74, 6) is 0.640. The molecule has 0 radical (unpaired) electrons. The van der Waals surface area contributed by atoms with Gasteiger partial charge in [-0.05, 0) is 48.4 Å². The second kappa shape index (κ2) is 10.7. The molecule has 0 atom stereocenters. The average Bonchev–Trinajstić information content (AvgIpc) is 3.26. The Bertz CT molecular complexity index is 943. The summed E-state index contributed by atoms with van der Waals surface area (Å²) in [6.45, 7) is 0.863. The maximum atomic E-state index is 12.6. The van der Waals surface area contributed by atoms with E-state index in [9.17, 15) is 9.59 Å². The minimum atomic E-state index is -0.155. The Hall–Kier alpha value is -2.70. The second-order valence-corrected chi connectivity index (χ2v) is 7.73. The molecular weight excluding hydrogens is 408 g/mol. The zero-order chi connectivity index (χ0) is 20.5. The molecule has 2 aromatic carbocycles. The molecule has 0 saturated carbocycles. The van der Waals surface area contributed by atoms with Gasteiger partial charge in [0.15, 0.2) is 0 Å². The van der Waals surface area contributed by atoms with Gasteiger partial charge in [-0.25, -0.2) is 0 Å². The van der Waals surface area contributed by atoms with Crippen LogP contribution in [0.2, 0.25) is 5.02 Å². The molecule has 29 heavy (non-hydrogen) atoms. The summed E-state index contributed by atoms with van der Waals surface area (Å²) in [7, 11) is 0. The quantitative estimate of drug-likeness (QED) is 0.498. The van der Waals surface area contributed by atoms with Crippen molar-refractivity contribution in [1.82, 2.24) is 10.6 Å². The Morgan fingerprint density at radius 2 is 1.76 bits per heavy atom. The van der Waals surface area contributed by atoms with Crippen LogP contribution >= 0.6 is 23.4 Å². The number of amides is 2. The molecule has 2 N–H and O–H groups in total. The van der Waals surface area contributed by atoms with E-state index in [1.807, 2.05) is 42.5 Å². The molecule has 7 heteroatoms. The highest BCUT2D eigenvalue weighted by molar-refractivity contribution is 8.00. The Kier molecular flexibility index (Phi) is 7.78. The molecule has 3 aromatic rings. The van der Waals surface area contributed by atoms with Crippen molar-refractivity contribution >= 4 is 35.2 Å². The van der Waals surface area contributed by atoms with Crippen LogP contribution in [0, 0.1) is 0 Å². The van der Waals surface area contributed by atoms with Gasteiger partial charge in [-0.3, -0.25) is 9.59 Å². The van der Waals surface area contributed by atoms with Gasteiger partial charge in [0.2, 0.25) is 5.91 Å². The number of hydrogen-bond acceptors (Lipinski definition) is 4. The van der Waals surface area contributed by atoms with Gasteiger partial charge in [0, 0.05) is 16.5 Å². The molecule has 0 saturated heterocycles. The lowest BCUT2D eigenvalue weighted by Gasteiger charge is -2.10. The van der Waals surface area contributed by atoms with E-state index in [-0.39, 0.29) is 17.6 Å². The van der Waals surface area contributed by atoms with Gasteiger partial charge < -0.3 is 15.1 Å². The molecule has 1 aromatic heterocycles. The highest BCUT2D eigenvalue weighted by Gasteiger charge is 2.12. The van der Waals surface area contributed by atoms with Crippen molar-refractivity contribution < 1.29 is 14.0 Å². The van der Waals surface area contributed by atoms with Crippen LogP contribution in [0.25, 0.3) is 0 Å². The smallest absolute Gasteiger partial charge is 0.252 e. The molecule has 2 amide bonds. The molecule has 1 heterocycles. The van der Waals surface area contributed by atoms with E-state index in [2.05, 4.69) is 10.6 Å². The predicted octanol–water partition coefficient (Wildman–Crippen LogP) is 4.31. The lowest BCUT2D eigenvalue weighted by Crippen LogP contribution is -2.27. The third kappa shape index (κ3) is 6.69. The zero-order valence-corrected chi connectivity index (χ0v) is 17.3. The normalized spacial score (nSPS) is 10.5. The number of rotatable bonds is 9. The first-order valence-electron chi connectivity index (χ1n) is 9.15. The minimum Gasteiger partial charge on any atom is -0.467 e. The Morgan fingerprint density at radius 1 is 0.966 bits per heavy atom. The summed E-state index contributed by atoms with van der Waals surface area (Å²) in [6.07, 6.45) is 2.28. The van der Waals surface area contributed by atoms with Gasteiger partial charge >= 0.3 is 0 Å². The fourth-order valence-electron chi connectivity index (χ4n) is 2.64. The topological polar surface area (TPSA) is 71.3 Å². The summed E-state index contributed by atoms with van der Waals surface area (Å²) >= 11 is 7.22. The molecule has 0 aliphatic heterocycles. The number of hydrogen-bond donors (Lipinski definition) is 2.